The first-order valence-electron chi connectivity index (χ1n) is 3.96. The Hall–Kier alpha value is -0.190. The third-order valence-electron chi connectivity index (χ3n) is 1.70. The molecule has 0 N–H and O–H groups in total. The van der Waals surface area contributed by atoms with Crippen molar-refractivity contribution in [3.8, 4) is 0 Å². The lowest BCUT2D eigenvalue weighted by molar-refractivity contribution is 0.294. The second-order valence-corrected chi connectivity index (χ2v) is 4.05. The maximum absolute atomic E-state index is 5.66. The zero-order chi connectivity index (χ0) is 8.97. The third-order valence-corrected chi connectivity index (χ3v) is 2.70. The van der Waals surface area contributed by atoms with Crippen molar-refractivity contribution in [2.24, 2.45) is 0 Å². The summed E-state index contributed by atoms with van der Waals surface area (Å²) >= 11 is 7.10. The van der Waals surface area contributed by atoms with E-state index >= 15 is 0 Å². The predicted octanol–water partition coefficient (Wildman–Crippen LogP) is 2.03. The van der Waals surface area contributed by atoms with Crippen molar-refractivity contribution < 1.29 is 0 Å². The van der Waals surface area contributed by atoms with Crippen molar-refractivity contribution in [3.05, 3.63) is 9.47 Å². The first kappa shape index (κ1) is 9.89. The molecule has 0 saturated heterocycles. The first-order chi connectivity index (χ1) is 5.76. The zero-order valence-electron chi connectivity index (χ0n) is 7.25. The molecule has 1 rings (SSSR count). The van der Waals surface area contributed by atoms with Crippen molar-refractivity contribution in [2.75, 3.05) is 13.1 Å². The summed E-state index contributed by atoms with van der Waals surface area (Å²) in [4.78, 5) is 2.27. The van der Waals surface area contributed by atoms with E-state index in [1.165, 1.54) is 11.3 Å². The first-order valence-corrected chi connectivity index (χ1v) is 5.16. The van der Waals surface area contributed by atoms with Gasteiger partial charge in [-0.25, -0.2) is 0 Å². The van der Waals surface area contributed by atoms with Crippen LogP contribution in [0.3, 0.4) is 0 Å². The molecule has 0 aliphatic carbocycles. The minimum absolute atomic E-state index is 0.525. The van der Waals surface area contributed by atoms with Gasteiger partial charge in [0.25, 0.3) is 0 Å². The van der Waals surface area contributed by atoms with Crippen LogP contribution in [-0.2, 0) is 6.54 Å². The standard InChI is InChI=1S/C7H12ClN3S/c1-3-11(4-2)5-6-9-10-7(8)12-6/h3-5H2,1-2H3. The molecular weight excluding hydrogens is 194 g/mol. The highest BCUT2D eigenvalue weighted by Gasteiger charge is 2.05. The molecule has 3 nitrogen and oxygen atoms in total. The molecule has 0 bridgehead atoms. The highest BCUT2D eigenvalue weighted by Crippen LogP contribution is 2.16. The van der Waals surface area contributed by atoms with E-state index in [-0.39, 0.29) is 0 Å². The van der Waals surface area contributed by atoms with Crippen molar-refractivity contribution in [2.45, 2.75) is 20.4 Å². The van der Waals surface area contributed by atoms with E-state index in [0.29, 0.717) is 4.47 Å². The summed E-state index contributed by atoms with van der Waals surface area (Å²) in [5, 5.41) is 8.68. The molecule has 0 unspecified atom stereocenters. The van der Waals surface area contributed by atoms with Gasteiger partial charge in [-0.2, -0.15) is 0 Å². The van der Waals surface area contributed by atoms with Gasteiger partial charge >= 0.3 is 0 Å². The van der Waals surface area contributed by atoms with E-state index in [4.69, 9.17) is 11.6 Å². The average molecular weight is 206 g/mol. The van der Waals surface area contributed by atoms with E-state index < -0.39 is 0 Å². The topological polar surface area (TPSA) is 29.0 Å². The molecule has 0 radical (unpaired) electrons. The van der Waals surface area contributed by atoms with Crippen LogP contribution in [0.25, 0.3) is 0 Å². The fraction of sp³-hybridized carbons (Fsp3) is 0.714. The molecule has 0 atom stereocenters. The highest BCUT2D eigenvalue weighted by molar-refractivity contribution is 7.15. The minimum atomic E-state index is 0.525. The quantitative estimate of drug-likeness (QED) is 0.754. The minimum Gasteiger partial charge on any atom is -0.297 e. The second-order valence-electron chi connectivity index (χ2n) is 2.41. The fourth-order valence-corrected chi connectivity index (χ4v) is 1.85. The molecule has 0 fully saturated rings. The Bertz CT molecular complexity index is 234. The highest BCUT2D eigenvalue weighted by atomic mass is 35.5. The number of hydrogen-bond acceptors (Lipinski definition) is 4. The smallest absolute Gasteiger partial charge is 0.207 e. The van der Waals surface area contributed by atoms with Gasteiger partial charge in [-0.1, -0.05) is 25.2 Å². The molecule has 1 heterocycles. The van der Waals surface area contributed by atoms with E-state index in [9.17, 15) is 0 Å². The van der Waals surface area contributed by atoms with Gasteiger partial charge in [-0.15, -0.1) is 10.2 Å². The van der Waals surface area contributed by atoms with Crippen molar-refractivity contribution >= 4 is 22.9 Å². The number of nitrogens with zero attached hydrogens (tertiary/aromatic N) is 3. The van der Waals surface area contributed by atoms with Crippen molar-refractivity contribution in [3.63, 3.8) is 0 Å². The van der Waals surface area contributed by atoms with Crippen LogP contribution in [0.4, 0.5) is 0 Å². The van der Waals surface area contributed by atoms with Crippen LogP contribution in [0, 0.1) is 0 Å². The molecule has 1 aromatic rings. The molecule has 12 heavy (non-hydrogen) atoms. The summed E-state index contributed by atoms with van der Waals surface area (Å²) in [5.41, 5.74) is 0. The molecule has 5 heteroatoms. The molecule has 1 aromatic heterocycles. The van der Waals surface area contributed by atoms with Gasteiger partial charge in [0.05, 0.1) is 6.54 Å². The maximum Gasteiger partial charge on any atom is 0.207 e. The van der Waals surface area contributed by atoms with Gasteiger partial charge in [0.2, 0.25) is 4.47 Å². The van der Waals surface area contributed by atoms with Crippen LogP contribution in [0.2, 0.25) is 4.47 Å². The second kappa shape index (κ2) is 4.74. The van der Waals surface area contributed by atoms with Crippen LogP contribution >= 0.6 is 22.9 Å². The summed E-state index contributed by atoms with van der Waals surface area (Å²) in [6, 6.07) is 0. The van der Waals surface area contributed by atoms with Crippen LogP contribution in [0.1, 0.15) is 18.9 Å². The normalized spacial score (nSPS) is 11.0. The predicted molar refractivity (Wildman–Crippen MR) is 51.5 cm³/mol. The Morgan fingerprint density at radius 3 is 2.42 bits per heavy atom. The van der Waals surface area contributed by atoms with Crippen molar-refractivity contribution in [1.29, 1.82) is 0 Å². The van der Waals surface area contributed by atoms with Crippen molar-refractivity contribution in [1.82, 2.24) is 15.1 Å². The van der Waals surface area contributed by atoms with Crippen LogP contribution in [-0.4, -0.2) is 28.2 Å². The van der Waals surface area contributed by atoms with Gasteiger partial charge in [-0.05, 0) is 24.7 Å². The van der Waals surface area contributed by atoms with E-state index in [1.807, 2.05) is 0 Å². The van der Waals surface area contributed by atoms with E-state index in [1.54, 1.807) is 0 Å². The molecule has 68 valence electrons. The SMILES string of the molecule is CCN(CC)Cc1nnc(Cl)s1. The number of aromatic nitrogens is 2. The number of halogens is 1. The van der Waals surface area contributed by atoms with Gasteiger partial charge < -0.3 is 0 Å². The molecule has 0 spiro atoms. The lowest BCUT2D eigenvalue weighted by Crippen LogP contribution is -2.21. The summed E-state index contributed by atoms with van der Waals surface area (Å²) in [6.45, 7) is 7.19. The number of hydrogen-bond donors (Lipinski definition) is 0. The lowest BCUT2D eigenvalue weighted by Gasteiger charge is -2.14. The van der Waals surface area contributed by atoms with Gasteiger partial charge in [0.15, 0.2) is 0 Å². The van der Waals surface area contributed by atoms with Gasteiger partial charge in [-0.3, -0.25) is 4.90 Å². The van der Waals surface area contributed by atoms with Crippen LogP contribution in [0.5, 0.6) is 0 Å². The molecular formula is C7H12ClN3S. The Balaban J connectivity index is 2.50. The molecule has 0 aromatic carbocycles. The molecule has 0 aliphatic heterocycles. The summed E-state index contributed by atoms with van der Waals surface area (Å²) in [5.74, 6) is 0. The van der Waals surface area contributed by atoms with Gasteiger partial charge in [0.1, 0.15) is 5.01 Å². The molecule has 0 aliphatic rings. The summed E-state index contributed by atoms with van der Waals surface area (Å²) < 4.78 is 0.525. The molecule has 0 saturated carbocycles. The third kappa shape index (κ3) is 2.69. The monoisotopic (exact) mass is 205 g/mol. The Morgan fingerprint density at radius 1 is 1.33 bits per heavy atom. The molecule has 0 amide bonds. The lowest BCUT2D eigenvalue weighted by atomic mass is 10.5. The van der Waals surface area contributed by atoms with E-state index in [2.05, 4.69) is 28.9 Å². The van der Waals surface area contributed by atoms with Gasteiger partial charge in [0, 0.05) is 0 Å². The Morgan fingerprint density at radius 2 is 2.00 bits per heavy atom. The average Bonchev–Trinajstić information content (AvgIpc) is 2.47. The zero-order valence-corrected chi connectivity index (χ0v) is 8.82. The largest absolute Gasteiger partial charge is 0.297 e. The summed E-state index contributed by atoms with van der Waals surface area (Å²) in [6.07, 6.45) is 0. The Kier molecular flexibility index (Phi) is 3.91. The van der Waals surface area contributed by atoms with Crippen LogP contribution in [0.15, 0.2) is 0 Å². The Labute approximate surface area is 81.4 Å². The van der Waals surface area contributed by atoms with Crippen LogP contribution < -0.4 is 0 Å². The summed E-state index contributed by atoms with van der Waals surface area (Å²) in [7, 11) is 0. The number of rotatable bonds is 4. The van der Waals surface area contributed by atoms with E-state index in [0.717, 1.165) is 24.6 Å². The maximum atomic E-state index is 5.66. The fourth-order valence-electron chi connectivity index (χ4n) is 0.936.